The first-order valence-electron chi connectivity index (χ1n) is 8.82. The van der Waals surface area contributed by atoms with Gasteiger partial charge in [0.15, 0.2) is 0 Å². The highest BCUT2D eigenvalue weighted by Gasteiger charge is 2.26. The van der Waals surface area contributed by atoms with Gasteiger partial charge in [-0.2, -0.15) is 0 Å². The summed E-state index contributed by atoms with van der Waals surface area (Å²) < 4.78 is 11.0. The Labute approximate surface area is 145 Å². The third-order valence-corrected chi connectivity index (χ3v) is 4.01. The average molecular weight is 334 g/mol. The summed E-state index contributed by atoms with van der Waals surface area (Å²) in [5, 5.41) is 3.48. The summed E-state index contributed by atoms with van der Waals surface area (Å²) in [5.74, 6) is 1.46. The van der Waals surface area contributed by atoms with Gasteiger partial charge in [-0.25, -0.2) is 4.79 Å². The second kappa shape index (κ2) is 8.27. The van der Waals surface area contributed by atoms with Crippen molar-refractivity contribution in [3.63, 3.8) is 0 Å². The van der Waals surface area contributed by atoms with Crippen molar-refractivity contribution in [3.8, 4) is 5.75 Å². The van der Waals surface area contributed by atoms with E-state index in [2.05, 4.69) is 11.4 Å². The normalized spacial score (nSPS) is 15.9. The minimum atomic E-state index is -0.429. The van der Waals surface area contributed by atoms with Gasteiger partial charge >= 0.3 is 6.09 Å². The highest BCUT2D eigenvalue weighted by Crippen LogP contribution is 2.22. The van der Waals surface area contributed by atoms with Crippen molar-refractivity contribution in [3.05, 3.63) is 24.3 Å². The second-order valence-electron chi connectivity index (χ2n) is 7.25. The number of hydrogen-bond acceptors (Lipinski definition) is 4. The number of anilines is 1. The third kappa shape index (κ3) is 5.95. The Hall–Kier alpha value is -1.91. The SMILES string of the molecule is CCOc1cccc(NCC2CCN(C(=O)OC(C)(C)C)CC2)c1. The predicted octanol–water partition coefficient (Wildman–Crippen LogP) is 4.14. The molecule has 0 radical (unpaired) electrons. The molecule has 0 spiro atoms. The molecule has 5 heteroatoms. The van der Waals surface area contributed by atoms with Crippen molar-refractivity contribution in [2.24, 2.45) is 5.92 Å². The zero-order chi connectivity index (χ0) is 17.6. The molecule has 1 heterocycles. The van der Waals surface area contributed by atoms with E-state index in [1.54, 1.807) is 0 Å². The van der Waals surface area contributed by atoms with Gasteiger partial charge in [0, 0.05) is 31.4 Å². The van der Waals surface area contributed by atoms with E-state index in [9.17, 15) is 4.79 Å². The molecule has 1 N–H and O–H groups in total. The van der Waals surface area contributed by atoms with Gasteiger partial charge in [-0.1, -0.05) is 6.07 Å². The van der Waals surface area contributed by atoms with Crippen LogP contribution in [0.2, 0.25) is 0 Å². The number of benzene rings is 1. The number of carbonyl (C=O) groups excluding carboxylic acids is 1. The summed E-state index contributed by atoms with van der Waals surface area (Å²) in [7, 11) is 0. The number of piperidine rings is 1. The highest BCUT2D eigenvalue weighted by molar-refractivity contribution is 5.68. The number of nitrogens with one attached hydrogen (secondary N) is 1. The minimum absolute atomic E-state index is 0.196. The van der Waals surface area contributed by atoms with Gasteiger partial charge in [-0.15, -0.1) is 0 Å². The van der Waals surface area contributed by atoms with Crippen molar-refractivity contribution >= 4 is 11.8 Å². The maximum absolute atomic E-state index is 12.1. The van der Waals surface area contributed by atoms with Crippen LogP contribution in [-0.2, 0) is 4.74 Å². The minimum Gasteiger partial charge on any atom is -0.494 e. The second-order valence-corrected chi connectivity index (χ2v) is 7.25. The molecule has 1 fully saturated rings. The Morgan fingerprint density at radius 3 is 2.62 bits per heavy atom. The number of amides is 1. The molecular formula is C19H30N2O3. The van der Waals surface area contributed by atoms with E-state index in [0.29, 0.717) is 12.5 Å². The van der Waals surface area contributed by atoms with E-state index in [1.807, 2.05) is 50.8 Å². The Bertz CT molecular complexity index is 532. The van der Waals surface area contributed by atoms with E-state index in [0.717, 1.165) is 43.9 Å². The Morgan fingerprint density at radius 2 is 2.00 bits per heavy atom. The van der Waals surface area contributed by atoms with Gasteiger partial charge in [0.25, 0.3) is 0 Å². The monoisotopic (exact) mass is 334 g/mol. The highest BCUT2D eigenvalue weighted by atomic mass is 16.6. The molecule has 1 aromatic rings. The van der Waals surface area contributed by atoms with Crippen molar-refractivity contribution in [1.29, 1.82) is 0 Å². The Morgan fingerprint density at radius 1 is 1.29 bits per heavy atom. The molecule has 134 valence electrons. The quantitative estimate of drug-likeness (QED) is 0.879. The van der Waals surface area contributed by atoms with Crippen LogP contribution >= 0.6 is 0 Å². The fourth-order valence-corrected chi connectivity index (χ4v) is 2.77. The lowest BCUT2D eigenvalue weighted by molar-refractivity contribution is 0.0188. The molecule has 5 nitrogen and oxygen atoms in total. The van der Waals surface area contributed by atoms with Crippen LogP contribution in [0.1, 0.15) is 40.5 Å². The molecule has 1 aliphatic rings. The first-order valence-corrected chi connectivity index (χ1v) is 8.82. The van der Waals surface area contributed by atoms with E-state index in [1.165, 1.54) is 0 Å². The van der Waals surface area contributed by atoms with Crippen molar-refractivity contribution in [1.82, 2.24) is 4.90 Å². The molecule has 0 aliphatic carbocycles. The van der Waals surface area contributed by atoms with Crippen LogP contribution in [0.15, 0.2) is 24.3 Å². The van der Waals surface area contributed by atoms with Gasteiger partial charge in [0.05, 0.1) is 6.61 Å². The summed E-state index contributed by atoms with van der Waals surface area (Å²) >= 11 is 0. The summed E-state index contributed by atoms with van der Waals surface area (Å²) in [4.78, 5) is 13.9. The number of carbonyl (C=O) groups is 1. The number of rotatable bonds is 5. The van der Waals surface area contributed by atoms with Crippen LogP contribution < -0.4 is 10.1 Å². The van der Waals surface area contributed by atoms with E-state index in [-0.39, 0.29) is 6.09 Å². The maximum atomic E-state index is 12.1. The summed E-state index contributed by atoms with van der Waals surface area (Å²) in [5.41, 5.74) is 0.650. The number of nitrogens with zero attached hydrogens (tertiary/aromatic N) is 1. The fraction of sp³-hybridized carbons (Fsp3) is 0.632. The van der Waals surface area contributed by atoms with Crippen molar-refractivity contribution < 1.29 is 14.3 Å². The zero-order valence-electron chi connectivity index (χ0n) is 15.3. The zero-order valence-corrected chi connectivity index (χ0v) is 15.3. The average Bonchev–Trinajstić information content (AvgIpc) is 2.52. The van der Waals surface area contributed by atoms with Crippen LogP contribution in [-0.4, -0.2) is 42.8 Å². The number of likely N-dealkylation sites (tertiary alicyclic amines) is 1. The topological polar surface area (TPSA) is 50.8 Å². The fourth-order valence-electron chi connectivity index (χ4n) is 2.77. The van der Waals surface area contributed by atoms with Gasteiger partial charge in [0.2, 0.25) is 0 Å². The van der Waals surface area contributed by atoms with Gasteiger partial charge in [-0.05, 0) is 58.6 Å². The van der Waals surface area contributed by atoms with Crippen LogP contribution in [0.5, 0.6) is 5.75 Å². The van der Waals surface area contributed by atoms with Crippen LogP contribution in [0.4, 0.5) is 10.5 Å². The maximum Gasteiger partial charge on any atom is 0.410 e. The molecule has 1 amide bonds. The number of hydrogen-bond donors (Lipinski definition) is 1. The lowest BCUT2D eigenvalue weighted by Crippen LogP contribution is -2.42. The van der Waals surface area contributed by atoms with E-state index < -0.39 is 5.60 Å². The standard InChI is InChI=1S/C19H30N2O3/c1-5-23-17-8-6-7-16(13-17)20-14-15-9-11-21(12-10-15)18(22)24-19(2,3)4/h6-8,13,15,20H,5,9-12,14H2,1-4H3. The van der Waals surface area contributed by atoms with Crippen LogP contribution in [0, 0.1) is 5.92 Å². The van der Waals surface area contributed by atoms with Crippen LogP contribution in [0.25, 0.3) is 0 Å². The third-order valence-electron chi connectivity index (χ3n) is 4.01. The Kier molecular flexibility index (Phi) is 6.35. The number of ether oxygens (including phenoxy) is 2. The summed E-state index contributed by atoms with van der Waals surface area (Å²) in [6.07, 6.45) is 1.80. The largest absolute Gasteiger partial charge is 0.494 e. The molecule has 0 bridgehead atoms. The first kappa shape index (κ1) is 18.4. The van der Waals surface area contributed by atoms with E-state index in [4.69, 9.17) is 9.47 Å². The summed E-state index contributed by atoms with van der Waals surface area (Å²) in [6.45, 7) is 10.8. The lowest BCUT2D eigenvalue weighted by atomic mass is 9.97. The first-order chi connectivity index (χ1) is 11.4. The van der Waals surface area contributed by atoms with Crippen LogP contribution in [0.3, 0.4) is 0 Å². The molecule has 0 aromatic heterocycles. The lowest BCUT2D eigenvalue weighted by Gasteiger charge is -2.33. The van der Waals surface area contributed by atoms with E-state index >= 15 is 0 Å². The Balaban J connectivity index is 1.75. The predicted molar refractivity (Wildman–Crippen MR) is 96.6 cm³/mol. The van der Waals surface area contributed by atoms with Crippen molar-refractivity contribution in [2.45, 2.75) is 46.1 Å². The molecular weight excluding hydrogens is 304 g/mol. The molecule has 24 heavy (non-hydrogen) atoms. The molecule has 0 unspecified atom stereocenters. The molecule has 1 aromatic carbocycles. The van der Waals surface area contributed by atoms with Gasteiger partial charge in [0.1, 0.15) is 11.4 Å². The molecule has 1 aliphatic heterocycles. The molecule has 0 saturated carbocycles. The molecule has 2 rings (SSSR count). The van der Waals surface area contributed by atoms with Crippen molar-refractivity contribution in [2.75, 3.05) is 31.6 Å². The van der Waals surface area contributed by atoms with Gasteiger partial charge < -0.3 is 19.7 Å². The molecule has 1 saturated heterocycles. The molecule has 0 atom stereocenters. The smallest absolute Gasteiger partial charge is 0.410 e. The summed E-state index contributed by atoms with van der Waals surface area (Å²) in [6, 6.07) is 8.05. The van der Waals surface area contributed by atoms with Gasteiger partial charge in [-0.3, -0.25) is 0 Å².